The SMILES string of the molecule is C[C@]12CC[C@H]3[C@@H](C=CC4=CCC=C[C@@]43C)[C@@H]1CC[C@@H]2CCO. The molecular formula is C21H30O. The standard InChI is InChI=1S/C21H30O/c1-20-12-4-3-5-15(20)6-8-17-18-9-7-16(11-14-22)21(18,2)13-10-19(17)20/h4-6,8,12,16-19,22H,3,7,9-11,13-14H2,1-2H3/t16-,17+,18+,19+,20+,21-/m1/s1. The number of allylic oxidation sites excluding steroid dienone is 6. The fraction of sp³-hybridized carbons (Fsp3) is 0.714. The van der Waals surface area contributed by atoms with E-state index in [1.54, 1.807) is 5.57 Å². The van der Waals surface area contributed by atoms with Crippen LogP contribution in [0.1, 0.15) is 52.4 Å². The molecule has 0 aromatic carbocycles. The Morgan fingerprint density at radius 1 is 1.18 bits per heavy atom. The Morgan fingerprint density at radius 3 is 2.86 bits per heavy atom. The number of fused-ring (bicyclic) bond motifs is 5. The average Bonchev–Trinajstić information content (AvgIpc) is 2.84. The maximum atomic E-state index is 9.43. The molecule has 1 N–H and O–H groups in total. The molecular weight excluding hydrogens is 268 g/mol. The van der Waals surface area contributed by atoms with Gasteiger partial charge in [-0.3, -0.25) is 0 Å². The van der Waals surface area contributed by atoms with Crippen molar-refractivity contribution in [1.82, 2.24) is 0 Å². The quantitative estimate of drug-likeness (QED) is 0.720. The van der Waals surface area contributed by atoms with Gasteiger partial charge in [0.25, 0.3) is 0 Å². The summed E-state index contributed by atoms with van der Waals surface area (Å²) in [5, 5.41) is 9.43. The summed E-state index contributed by atoms with van der Waals surface area (Å²) in [6.07, 6.45) is 19.8. The lowest BCUT2D eigenvalue weighted by molar-refractivity contribution is -0.00340. The van der Waals surface area contributed by atoms with E-state index in [1.165, 1.54) is 25.7 Å². The zero-order valence-corrected chi connectivity index (χ0v) is 14.1. The summed E-state index contributed by atoms with van der Waals surface area (Å²) < 4.78 is 0. The average molecular weight is 298 g/mol. The smallest absolute Gasteiger partial charge is 0.0433 e. The van der Waals surface area contributed by atoms with Crippen molar-refractivity contribution >= 4 is 0 Å². The zero-order valence-electron chi connectivity index (χ0n) is 14.1. The first-order valence-electron chi connectivity index (χ1n) is 9.27. The predicted octanol–water partition coefficient (Wildman–Crippen LogP) is 4.89. The normalized spacial score (nSPS) is 49.3. The largest absolute Gasteiger partial charge is 0.396 e. The first-order chi connectivity index (χ1) is 10.6. The molecule has 1 nitrogen and oxygen atoms in total. The molecule has 2 fully saturated rings. The lowest BCUT2D eigenvalue weighted by Gasteiger charge is -2.55. The van der Waals surface area contributed by atoms with E-state index in [-0.39, 0.29) is 5.41 Å². The Morgan fingerprint density at radius 2 is 2.05 bits per heavy atom. The molecule has 0 amide bonds. The number of hydrogen-bond donors (Lipinski definition) is 1. The van der Waals surface area contributed by atoms with Crippen LogP contribution in [0.25, 0.3) is 0 Å². The van der Waals surface area contributed by atoms with Crippen LogP contribution in [-0.2, 0) is 0 Å². The van der Waals surface area contributed by atoms with Gasteiger partial charge in [-0.2, -0.15) is 0 Å². The number of rotatable bonds is 2. The summed E-state index contributed by atoms with van der Waals surface area (Å²) in [6, 6.07) is 0. The topological polar surface area (TPSA) is 20.2 Å². The minimum Gasteiger partial charge on any atom is -0.396 e. The summed E-state index contributed by atoms with van der Waals surface area (Å²) in [4.78, 5) is 0. The Bertz CT molecular complexity index is 542. The summed E-state index contributed by atoms with van der Waals surface area (Å²) in [6.45, 7) is 5.36. The second-order valence-corrected chi connectivity index (χ2v) is 8.56. The van der Waals surface area contributed by atoms with E-state index in [0.29, 0.717) is 12.0 Å². The van der Waals surface area contributed by atoms with Gasteiger partial charge in [-0.25, -0.2) is 0 Å². The molecule has 2 saturated carbocycles. The van der Waals surface area contributed by atoms with Gasteiger partial charge in [0.15, 0.2) is 0 Å². The van der Waals surface area contributed by atoms with Crippen LogP contribution in [0.2, 0.25) is 0 Å². The van der Waals surface area contributed by atoms with Gasteiger partial charge in [0.05, 0.1) is 0 Å². The van der Waals surface area contributed by atoms with Crippen LogP contribution in [0.5, 0.6) is 0 Å². The molecule has 0 heterocycles. The van der Waals surface area contributed by atoms with Crippen LogP contribution >= 0.6 is 0 Å². The van der Waals surface area contributed by atoms with Crippen molar-refractivity contribution < 1.29 is 5.11 Å². The molecule has 4 rings (SSSR count). The van der Waals surface area contributed by atoms with Gasteiger partial charge < -0.3 is 5.11 Å². The lowest BCUT2D eigenvalue weighted by Crippen LogP contribution is -2.47. The van der Waals surface area contributed by atoms with Crippen molar-refractivity contribution in [2.24, 2.45) is 34.5 Å². The third-order valence-corrected chi connectivity index (χ3v) is 7.83. The number of aliphatic hydroxyl groups is 1. The maximum Gasteiger partial charge on any atom is 0.0433 e. The first kappa shape index (κ1) is 14.8. The molecule has 0 aliphatic heterocycles. The summed E-state index contributed by atoms with van der Waals surface area (Å²) >= 11 is 0. The zero-order chi connectivity index (χ0) is 15.4. The van der Waals surface area contributed by atoms with E-state index in [2.05, 4.69) is 44.2 Å². The van der Waals surface area contributed by atoms with E-state index in [1.807, 2.05) is 0 Å². The molecule has 6 atom stereocenters. The molecule has 0 radical (unpaired) electrons. The molecule has 4 aliphatic carbocycles. The molecule has 0 bridgehead atoms. The van der Waals surface area contributed by atoms with Crippen LogP contribution in [0.3, 0.4) is 0 Å². The molecule has 120 valence electrons. The monoisotopic (exact) mass is 298 g/mol. The molecule has 0 saturated heterocycles. The molecule has 0 aromatic heterocycles. The molecule has 1 heteroatoms. The van der Waals surface area contributed by atoms with E-state index in [9.17, 15) is 5.11 Å². The van der Waals surface area contributed by atoms with Gasteiger partial charge in [-0.1, -0.05) is 44.2 Å². The van der Waals surface area contributed by atoms with Crippen LogP contribution in [0.4, 0.5) is 0 Å². The molecule has 0 aromatic rings. The molecule has 0 unspecified atom stereocenters. The fourth-order valence-corrected chi connectivity index (χ4v) is 6.53. The Kier molecular flexibility index (Phi) is 3.41. The van der Waals surface area contributed by atoms with Crippen molar-refractivity contribution in [3.05, 3.63) is 36.0 Å². The van der Waals surface area contributed by atoms with Gasteiger partial charge in [0.2, 0.25) is 0 Å². The highest BCUT2D eigenvalue weighted by molar-refractivity contribution is 5.40. The third-order valence-electron chi connectivity index (χ3n) is 7.83. The summed E-state index contributed by atoms with van der Waals surface area (Å²) in [5.74, 6) is 3.09. The van der Waals surface area contributed by atoms with E-state index >= 15 is 0 Å². The van der Waals surface area contributed by atoms with Crippen molar-refractivity contribution in [3.8, 4) is 0 Å². The van der Waals surface area contributed by atoms with Crippen LogP contribution in [0.15, 0.2) is 36.0 Å². The highest BCUT2D eigenvalue weighted by atomic mass is 16.3. The van der Waals surface area contributed by atoms with E-state index in [0.717, 1.165) is 36.5 Å². The maximum absolute atomic E-state index is 9.43. The van der Waals surface area contributed by atoms with Crippen LogP contribution in [-0.4, -0.2) is 11.7 Å². The van der Waals surface area contributed by atoms with Gasteiger partial charge in [0.1, 0.15) is 0 Å². The van der Waals surface area contributed by atoms with Gasteiger partial charge >= 0.3 is 0 Å². The summed E-state index contributed by atoms with van der Waals surface area (Å²) in [5.41, 5.74) is 2.29. The van der Waals surface area contributed by atoms with Gasteiger partial charge in [-0.15, -0.1) is 0 Å². The second-order valence-electron chi connectivity index (χ2n) is 8.56. The second kappa shape index (κ2) is 5.09. The Hall–Kier alpha value is -0.820. The Balaban J connectivity index is 1.69. The van der Waals surface area contributed by atoms with Gasteiger partial charge in [0, 0.05) is 12.0 Å². The van der Waals surface area contributed by atoms with Crippen LogP contribution in [0, 0.1) is 34.5 Å². The van der Waals surface area contributed by atoms with E-state index in [4.69, 9.17) is 0 Å². The van der Waals surface area contributed by atoms with Crippen molar-refractivity contribution in [2.45, 2.75) is 52.4 Å². The first-order valence-corrected chi connectivity index (χ1v) is 9.27. The molecule has 22 heavy (non-hydrogen) atoms. The lowest BCUT2D eigenvalue weighted by atomic mass is 9.49. The molecule has 0 spiro atoms. The Labute approximate surface area is 135 Å². The van der Waals surface area contributed by atoms with Crippen molar-refractivity contribution in [2.75, 3.05) is 6.61 Å². The highest BCUT2D eigenvalue weighted by Crippen LogP contribution is 2.64. The third kappa shape index (κ3) is 1.87. The predicted molar refractivity (Wildman–Crippen MR) is 91.3 cm³/mol. The molecule has 4 aliphatic rings. The van der Waals surface area contributed by atoms with Crippen molar-refractivity contribution in [1.29, 1.82) is 0 Å². The fourth-order valence-electron chi connectivity index (χ4n) is 6.53. The minimum absolute atomic E-state index is 0.272. The number of hydrogen-bond acceptors (Lipinski definition) is 1. The summed E-state index contributed by atoms with van der Waals surface area (Å²) in [7, 11) is 0. The van der Waals surface area contributed by atoms with Gasteiger partial charge in [-0.05, 0) is 73.2 Å². The number of aliphatic hydroxyl groups excluding tert-OH is 1. The van der Waals surface area contributed by atoms with E-state index < -0.39 is 0 Å². The minimum atomic E-state index is 0.272. The van der Waals surface area contributed by atoms with Crippen molar-refractivity contribution in [3.63, 3.8) is 0 Å². The highest BCUT2D eigenvalue weighted by Gasteiger charge is 2.56. The van der Waals surface area contributed by atoms with Crippen LogP contribution < -0.4 is 0 Å².